The first-order chi connectivity index (χ1) is 20.3. The van der Waals surface area contributed by atoms with Gasteiger partial charge in [-0.25, -0.2) is 19.7 Å². The first-order valence-corrected chi connectivity index (χ1v) is 14.0. The number of hydrogen-bond donors (Lipinski definition) is 3. The van der Waals surface area contributed by atoms with Gasteiger partial charge in [0.1, 0.15) is 17.5 Å². The lowest BCUT2D eigenvalue weighted by Gasteiger charge is -2.33. The molecule has 0 saturated carbocycles. The van der Waals surface area contributed by atoms with Crippen molar-refractivity contribution in [2.24, 2.45) is 0 Å². The Morgan fingerprint density at radius 2 is 1.86 bits per heavy atom. The highest BCUT2D eigenvalue weighted by atomic mass is 16.5. The maximum atomic E-state index is 11.4. The van der Waals surface area contributed by atoms with Gasteiger partial charge in [-0.2, -0.15) is 0 Å². The Hall–Kier alpha value is -4.93. The van der Waals surface area contributed by atoms with Gasteiger partial charge >= 0.3 is 5.97 Å². The molecule has 3 N–H and O–H groups in total. The summed E-state index contributed by atoms with van der Waals surface area (Å²) in [4.78, 5) is 31.8. The normalized spacial score (nSPS) is 15.1. The number of piperidine rings is 1. The minimum Gasteiger partial charge on any atom is -0.490 e. The van der Waals surface area contributed by atoms with Gasteiger partial charge in [0, 0.05) is 24.0 Å². The maximum absolute atomic E-state index is 11.4. The van der Waals surface area contributed by atoms with Gasteiger partial charge in [-0.05, 0) is 63.9 Å². The van der Waals surface area contributed by atoms with Crippen LogP contribution < -0.4 is 25.0 Å². The number of carboxylic acids is 1. The number of carbonyl (C=O) groups is 1. The summed E-state index contributed by atoms with van der Waals surface area (Å²) in [6, 6.07) is 17.0. The van der Waals surface area contributed by atoms with E-state index in [2.05, 4.69) is 30.5 Å². The zero-order valence-electron chi connectivity index (χ0n) is 23.9. The number of carboxylic acid groups (broad SMARTS) is 1. The molecule has 1 fully saturated rings. The molecule has 0 bridgehead atoms. The largest absolute Gasteiger partial charge is 0.490 e. The van der Waals surface area contributed by atoms with Crippen LogP contribution in [0.15, 0.2) is 73.2 Å². The third kappa shape index (κ3) is 7.03. The molecule has 0 amide bonds. The van der Waals surface area contributed by atoms with Crippen LogP contribution in [0.5, 0.6) is 11.5 Å². The first-order valence-electron chi connectivity index (χ1n) is 14.0. The second-order valence-corrected chi connectivity index (χ2v) is 10.5. The average molecular weight is 570 g/mol. The highest BCUT2D eigenvalue weighted by Crippen LogP contribution is 2.30. The van der Waals surface area contributed by atoms with Crippen molar-refractivity contribution in [1.29, 1.82) is 0 Å². The Balaban J connectivity index is 1.25. The molecule has 2 aromatic heterocycles. The predicted molar refractivity (Wildman–Crippen MR) is 162 cm³/mol. The molecule has 1 saturated heterocycles. The molecule has 1 atom stereocenters. The fourth-order valence-electron chi connectivity index (χ4n) is 4.65. The smallest absolute Gasteiger partial charge is 0.328 e. The molecule has 1 aliphatic rings. The lowest BCUT2D eigenvalue weighted by atomic mass is 10.0. The average Bonchev–Trinajstić information content (AvgIpc) is 2.99. The van der Waals surface area contributed by atoms with Crippen LogP contribution in [0, 0.1) is 0 Å². The van der Waals surface area contributed by atoms with E-state index >= 15 is 0 Å². The molecule has 5 rings (SSSR count). The highest BCUT2D eigenvalue weighted by molar-refractivity contribution is 5.81. The Morgan fingerprint density at radius 1 is 1.07 bits per heavy atom. The van der Waals surface area contributed by atoms with Crippen LogP contribution in [-0.4, -0.2) is 62.4 Å². The fraction of sp³-hybridized carbons (Fsp3) is 0.323. The second-order valence-electron chi connectivity index (χ2n) is 10.5. The van der Waals surface area contributed by atoms with E-state index in [9.17, 15) is 9.90 Å². The zero-order valence-corrected chi connectivity index (χ0v) is 23.9. The summed E-state index contributed by atoms with van der Waals surface area (Å²) in [5.41, 5.74) is 1.20. The standard InChI is InChI=1S/C31H35N7O4/c1-4-41-25-9-5-6-10-26(25)42-23-8-7-17-38(20-23)28-19-32-18-27(35-28)36-30-33-16-15-24(34-30)21-11-13-22(14-12-21)37-31(2,3)29(39)40/h5-6,9-16,18-19,23,37H,4,7-8,17,20H2,1-3H3,(H,39,40)(H,33,34,35,36)/t23-/m1/s1. The molecule has 4 aromatic rings. The van der Waals surface area contributed by atoms with E-state index < -0.39 is 11.5 Å². The minimum absolute atomic E-state index is 0.00410. The van der Waals surface area contributed by atoms with Crippen LogP contribution in [0.25, 0.3) is 11.3 Å². The Bertz CT molecular complexity index is 1510. The molecule has 3 heterocycles. The third-order valence-electron chi connectivity index (χ3n) is 6.83. The fourth-order valence-corrected chi connectivity index (χ4v) is 4.65. The number of hydrogen-bond acceptors (Lipinski definition) is 10. The summed E-state index contributed by atoms with van der Waals surface area (Å²) in [7, 11) is 0. The van der Waals surface area contributed by atoms with Crippen LogP contribution in [-0.2, 0) is 4.79 Å². The van der Waals surface area contributed by atoms with Crippen molar-refractivity contribution in [3.05, 3.63) is 73.2 Å². The zero-order chi connectivity index (χ0) is 29.5. The quantitative estimate of drug-likeness (QED) is 0.214. The maximum Gasteiger partial charge on any atom is 0.328 e. The monoisotopic (exact) mass is 569 g/mol. The van der Waals surface area contributed by atoms with Gasteiger partial charge in [-0.15, -0.1) is 0 Å². The molecule has 0 unspecified atom stereocenters. The van der Waals surface area contributed by atoms with Crippen molar-refractivity contribution in [1.82, 2.24) is 19.9 Å². The minimum atomic E-state index is -1.08. The lowest BCUT2D eigenvalue weighted by Crippen LogP contribution is -2.41. The Labute approximate surface area is 245 Å². The predicted octanol–water partition coefficient (Wildman–Crippen LogP) is 5.40. The van der Waals surface area contributed by atoms with Gasteiger partial charge in [-0.1, -0.05) is 24.3 Å². The number of rotatable bonds is 11. The van der Waals surface area contributed by atoms with Gasteiger partial charge in [0.25, 0.3) is 0 Å². The molecular weight excluding hydrogens is 534 g/mol. The topological polar surface area (TPSA) is 135 Å². The van der Waals surface area contributed by atoms with Crippen molar-refractivity contribution >= 4 is 29.2 Å². The highest BCUT2D eigenvalue weighted by Gasteiger charge is 2.26. The van der Waals surface area contributed by atoms with Crippen molar-refractivity contribution in [2.45, 2.75) is 45.3 Å². The molecule has 42 heavy (non-hydrogen) atoms. The van der Waals surface area contributed by atoms with Crippen molar-refractivity contribution in [2.75, 3.05) is 35.2 Å². The second kappa shape index (κ2) is 12.7. The molecule has 0 aliphatic carbocycles. The number of ether oxygens (including phenoxy) is 2. The Kier molecular flexibility index (Phi) is 8.66. The van der Waals surface area contributed by atoms with E-state index in [4.69, 9.17) is 14.5 Å². The molecule has 11 heteroatoms. The molecule has 1 aliphatic heterocycles. The SMILES string of the molecule is CCOc1ccccc1O[C@@H]1CCCN(c2cncc(Nc3nccc(-c4ccc(NC(C)(C)C(=O)O)cc4)n3)n2)C1. The van der Waals surface area contributed by atoms with E-state index in [1.54, 1.807) is 32.4 Å². The summed E-state index contributed by atoms with van der Waals surface area (Å²) >= 11 is 0. The van der Waals surface area contributed by atoms with E-state index in [1.165, 1.54) is 0 Å². The summed E-state index contributed by atoms with van der Waals surface area (Å²) in [6.45, 7) is 7.30. The molecule has 0 radical (unpaired) electrons. The van der Waals surface area contributed by atoms with E-state index in [0.29, 0.717) is 36.3 Å². The molecule has 0 spiro atoms. The lowest BCUT2D eigenvalue weighted by molar-refractivity contribution is -0.141. The van der Waals surface area contributed by atoms with Crippen molar-refractivity contribution < 1.29 is 19.4 Å². The van der Waals surface area contributed by atoms with E-state index in [-0.39, 0.29) is 6.10 Å². The summed E-state index contributed by atoms with van der Waals surface area (Å²) < 4.78 is 12.1. The van der Waals surface area contributed by atoms with Gasteiger partial charge in [0.2, 0.25) is 5.95 Å². The van der Waals surface area contributed by atoms with Crippen LogP contribution in [0.3, 0.4) is 0 Å². The van der Waals surface area contributed by atoms with Gasteiger partial charge in [0.05, 0.1) is 31.2 Å². The van der Waals surface area contributed by atoms with E-state index in [0.717, 1.165) is 42.3 Å². The van der Waals surface area contributed by atoms with Crippen molar-refractivity contribution in [3.63, 3.8) is 0 Å². The van der Waals surface area contributed by atoms with Crippen molar-refractivity contribution in [3.8, 4) is 22.8 Å². The molecular formula is C31H35N7O4. The number of aliphatic carboxylic acids is 1. The number of anilines is 4. The Morgan fingerprint density at radius 3 is 2.62 bits per heavy atom. The van der Waals surface area contributed by atoms with Gasteiger partial charge in [0.15, 0.2) is 17.3 Å². The van der Waals surface area contributed by atoms with Crippen LogP contribution in [0.1, 0.15) is 33.6 Å². The first kappa shape index (κ1) is 28.6. The summed E-state index contributed by atoms with van der Waals surface area (Å²) in [5.74, 6) is 2.24. The molecule has 2 aromatic carbocycles. The third-order valence-corrected chi connectivity index (χ3v) is 6.83. The van der Waals surface area contributed by atoms with Crippen LogP contribution in [0.4, 0.5) is 23.3 Å². The van der Waals surface area contributed by atoms with Gasteiger partial charge < -0.3 is 30.1 Å². The number of nitrogens with one attached hydrogen (secondary N) is 2. The number of nitrogens with zero attached hydrogens (tertiary/aromatic N) is 5. The van der Waals surface area contributed by atoms with E-state index in [1.807, 2.05) is 61.5 Å². The molecule has 218 valence electrons. The molecule has 11 nitrogen and oxygen atoms in total. The summed E-state index contributed by atoms with van der Waals surface area (Å²) in [5, 5.41) is 15.6. The summed E-state index contributed by atoms with van der Waals surface area (Å²) in [6.07, 6.45) is 6.97. The van der Waals surface area contributed by atoms with Crippen LogP contribution >= 0.6 is 0 Å². The number of benzene rings is 2. The number of aromatic nitrogens is 4. The number of para-hydroxylation sites is 2. The van der Waals surface area contributed by atoms with Gasteiger partial charge in [-0.3, -0.25) is 4.98 Å². The van der Waals surface area contributed by atoms with Crippen LogP contribution in [0.2, 0.25) is 0 Å².